The van der Waals surface area contributed by atoms with Crippen molar-refractivity contribution in [1.82, 2.24) is 4.90 Å². The zero-order valence-corrected chi connectivity index (χ0v) is 15.0. The Morgan fingerprint density at radius 2 is 2.08 bits per heavy atom. The molecule has 1 unspecified atom stereocenters. The number of amides is 2. The van der Waals surface area contributed by atoms with Crippen LogP contribution < -0.4 is 10.6 Å². The minimum Gasteiger partial charge on any atom is -0.385 e. The first-order valence-electron chi connectivity index (χ1n) is 8.89. The lowest BCUT2D eigenvalue weighted by molar-refractivity contribution is 0.213. The van der Waals surface area contributed by atoms with E-state index >= 15 is 0 Å². The Labute approximate surface area is 153 Å². The highest BCUT2D eigenvalue weighted by Gasteiger charge is 2.25. The molecule has 130 valence electrons. The van der Waals surface area contributed by atoms with Gasteiger partial charge in [-0.05, 0) is 42.2 Å². The normalized spacial score (nSPS) is 19.7. The number of carbonyl (C=O) groups excluding carboxylic acids is 1. The summed E-state index contributed by atoms with van der Waals surface area (Å²) in [5, 5.41) is 6.84. The van der Waals surface area contributed by atoms with Gasteiger partial charge in [-0.2, -0.15) is 11.8 Å². The molecule has 0 radical (unpaired) electrons. The van der Waals surface area contributed by atoms with Crippen LogP contribution in [-0.4, -0.2) is 36.3 Å². The van der Waals surface area contributed by atoms with Crippen molar-refractivity contribution >= 4 is 29.2 Å². The molecule has 0 aliphatic carbocycles. The Morgan fingerprint density at radius 1 is 1.20 bits per heavy atom. The van der Waals surface area contributed by atoms with E-state index in [4.69, 9.17) is 0 Å². The van der Waals surface area contributed by atoms with Crippen molar-refractivity contribution < 1.29 is 4.79 Å². The molecule has 1 fully saturated rings. The van der Waals surface area contributed by atoms with Gasteiger partial charge in [-0.1, -0.05) is 30.3 Å². The summed E-state index contributed by atoms with van der Waals surface area (Å²) in [6.07, 6.45) is 2.22. The first-order chi connectivity index (χ1) is 12.3. The highest BCUT2D eigenvalue weighted by atomic mass is 32.2. The molecule has 2 N–H and O–H groups in total. The summed E-state index contributed by atoms with van der Waals surface area (Å²) in [4.78, 5) is 14.6. The van der Waals surface area contributed by atoms with Gasteiger partial charge in [0.2, 0.25) is 0 Å². The lowest BCUT2D eigenvalue weighted by atomic mass is 10.0. The number of carbonyl (C=O) groups is 1. The Bertz CT molecular complexity index is 750. The molecule has 2 amide bonds. The molecule has 25 heavy (non-hydrogen) atoms. The first-order valence-corrected chi connectivity index (χ1v) is 9.94. The van der Waals surface area contributed by atoms with Crippen LogP contribution in [0.25, 0.3) is 0 Å². The Morgan fingerprint density at radius 3 is 2.96 bits per heavy atom. The van der Waals surface area contributed by atoms with Crippen LogP contribution in [-0.2, 0) is 6.42 Å². The number of urea groups is 1. The maximum absolute atomic E-state index is 12.7. The highest BCUT2D eigenvalue weighted by Crippen LogP contribution is 2.33. The Hall–Kier alpha value is -2.14. The summed E-state index contributed by atoms with van der Waals surface area (Å²) < 4.78 is 0. The van der Waals surface area contributed by atoms with Gasteiger partial charge in [0.1, 0.15) is 0 Å². The van der Waals surface area contributed by atoms with Crippen LogP contribution >= 0.6 is 11.8 Å². The quantitative estimate of drug-likeness (QED) is 0.843. The molecule has 2 aromatic carbocycles. The highest BCUT2D eigenvalue weighted by molar-refractivity contribution is 7.99. The lowest BCUT2D eigenvalue weighted by Crippen LogP contribution is -2.41. The number of aryl methyl sites for hydroxylation is 1. The molecular formula is C20H23N3OS. The number of nitrogens with zero attached hydrogens (tertiary/aromatic N) is 1. The molecule has 2 heterocycles. The molecule has 2 aliphatic heterocycles. The van der Waals surface area contributed by atoms with Crippen LogP contribution in [0.15, 0.2) is 48.5 Å². The molecule has 4 nitrogen and oxygen atoms in total. The molecule has 2 aliphatic rings. The molecule has 0 aromatic heterocycles. The smallest absolute Gasteiger partial charge is 0.321 e. The van der Waals surface area contributed by atoms with Crippen molar-refractivity contribution in [3.63, 3.8) is 0 Å². The fourth-order valence-electron chi connectivity index (χ4n) is 3.46. The van der Waals surface area contributed by atoms with Gasteiger partial charge in [-0.3, -0.25) is 0 Å². The Balaban J connectivity index is 1.42. The van der Waals surface area contributed by atoms with Crippen molar-refractivity contribution in [3.05, 3.63) is 59.7 Å². The van der Waals surface area contributed by atoms with Gasteiger partial charge >= 0.3 is 6.03 Å². The standard InChI is InChI=1S/C20H23N3OS/c24-20(22-17-8-9-18-16(13-17)7-4-10-21-18)23-11-12-25-19(14-23)15-5-2-1-3-6-15/h1-3,5-6,8-9,13,19,21H,4,7,10-12,14H2,(H,22,24). The zero-order valence-electron chi connectivity index (χ0n) is 14.2. The largest absolute Gasteiger partial charge is 0.385 e. The molecule has 0 spiro atoms. The Kier molecular flexibility index (Phi) is 4.83. The molecular weight excluding hydrogens is 330 g/mol. The number of anilines is 2. The third kappa shape index (κ3) is 3.76. The predicted molar refractivity (Wildman–Crippen MR) is 105 cm³/mol. The summed E-state index contributed by atoms with van der Waals surface area (Å²) in [7, 11) is 0. The van der Waals surface area contributed by atoms with E-state index in [9.17, 15) is 4.79 Å². The van der Waals surface area contributed by atoms with E-state index in [1.165, 1.54) is 16.8 Å². The third-order valence-corrected chi connectivity index (χ3v) is 6.06. The van der Waals surface area contributed by atoms with Gasteiger partial charge < -0.3 is 15.5 Å². The van der Waals surface area contributed by atoms with Gasteiger partial charge in [0.25, 0.3) is 0 Å². The topological polar surface area (TPSA) is 44.4 Å². The van der Waals surface area contributed by atoms with Gasteiger partial charge in [-0.25, -0.2) is 4.79 Å². The summed E-state index contributed by atoms with van der Waals surface area (Å²) in [5.41, 5.74) is 4.68. The molecule has 2 aromatic rings. The van der Waals surface area contributed by atoms with E-state index in [0.29, 0.717) is 5.25 Å². The van der Waals surface area contributed by atoms with Crippen LogP contribution in [0.2, 0.25) is 0 Å². The monoisotopic (exact) mass is 353 g/mol. The van der Waals surface area contributed by atoms with Gasteiger partial charge in [-0.15, -0.1) is 0 Å². The maximum Gasteiger partial charge on any atom is 0.321 e. The number of hydrogen-bond acceptors (Lipinski definition) is 3. The van der Waals surface area contributed by atoms with Crippen LogP contribution in [0.3, 0.4) is 0 Å². The summed E-state index contributed by atoms with van der Waals surface area (Å²) >= 11 is 1.93. The molecule has 0 saturated carbocycles. The van der Waals surface area contributed by atoms with E-state index in [0.717, 1.165) is 43.9 Å². The minimum absolute atomic E-state index is 0.00458. The van der Waals surface area contributed by atoms with E-state index in [1.807, 2.05) is 28.8 Å². The SMILES string of the molecule is O=C(Nc1ccc2c(c1)CCCN2)N1CCSC(c2ccccc2)C1. The molecule has 5 heteroatoms. The van der Waals surface area contributed by atoms with E-state index in [1.54, 1.807) is 0 Å². The number of nitrogens with one attached hydrogen (secondary N) is 2. The lowest BCUT2D eigenvalue weighted by Gasteiger charge is -2.32. The second kappa shape index (κ2) is 7.40. The number of fused-ring (bicyclic) bond motifs is 1. The summed E-state index contributed by atoms with van der Waals surface area (Å²) in [5.74, 6) is 0.973. The van der Waals surface area contributed by atoms with E-state index in [-0.39, 0.29) is 6.03 Å². The van der Waals surface area contributed by atoms with Gasteiger partial charge in [0.15, 0.2) is 0 Å². The fraction of sp³-hybridized carbons (Fsp3) is 0.350. The molecule has 0 bridgehead atoms. The molecule has 1 atom stereocenters. The predicted octanol–water partition coefficient (Wildman–Crippen LogP) is 4.37. The third-order valence-electron chi connectivity index (χ3n) is 4.82. The van der Waals surface area contributed by atoms with Gasteiger partial charge in [0.05, 0.1) is 0 Å². The van der Waals surface area contributed by atoms with Crippen LogP contribution in [0.5, 0.6) is 0 Å². The fourth-order valence-corrected chi connectivity index (χ4v) is 4.70. The minimum atomic E-state index is 0.00458. The van der Waals surface area contributed by atoms with Gasteiger partial charge in [0, 0.05) is 42.0 Å². The van der Waals surface area contributed by atoms with E-state index in [2.05, 4.69) is 47.0 Å². The average molecular weight is 353 g/mol. The first kappa shape index (κ1) is 16.3. The second-order valence-corrected chi connectivity index (χ2v) is 7.86. The van der Waals surface area contributed by atoms with Crippen LogP contribution in [0.1, 0.15) is 22.8 Å². The molecule has 4 rings (SSSR count). The van der Waals surface area contributed by atoms with Crippen molar-refractivity contribution in [2.24, 2.45) is 0 Å². The van der Waals surface area contributed by atoms with Crippen molar-refractivity contribution in [2.45, 2.75) is 18.1 Å². The van der Waals surface area contributed by atoms with Crippen molar-refractivity contribution in [2.75, 3.05) is 36.0 Å². The summed E-state index contributed by atoms with van der Waals surface area (Å²) in [6, 6.07) is 16.6. The van der Waals surface area contributed by atoms with E-state index < -0.39 is 0 Å². The number of rotatable bonds is 2. The van der Waals surface area contributed by atoms with Crippen LogP contribution in [0, 0.1) is 0 Å². The number of benzene rings is 2. The molecule has 1 saturated heterocycles. The number of thioether (sulfide) groups is 1. The summed E-state index contributed by atoms with van der Waals surface area (Å²) in [6.45, 7) is 2.59. The number of hydrogen-bond donors (Lipinski definition) is 2. The maximum atomic E-state index is 12.7. The second-order valence-electron chi connectivity index (χ2n) is 6.55. The van der Waals surface area contributed by atoms with Crippen molar-refractivity contribution in [3.8, 4) is 0 Å². The average Bonchev–Trinajstić information content (AvgIpc) is 2.69. The van der Waals surface area contributed by atoms with Crippen LogP contribution in [0.4, 0.5) is 16.2 Å². The zero-order chi connectivity index (χ0) is 17.1. The van der Waals surface area contributed by atoms with Crippen molar-refractivity contribution in [1.29, 1.82) is 0 Å².